The molecular formula is C30H29N5O3S. The monoisotopic (exact) mass is 539 g/mol. The minimum absolute atomic E-state index is 0.0643. The molecule has 0 fully saturated rings. The van der Waals surface area contributed by atoms with Crippen molar-refractivity contribution in [3.63, 3.8) is 0 Å². The SMILES string of the molecule is CCOc1ccccc1C(C(=O)NCc1ccccc1)N(Cc1cccs1)C(=O)Cn1nnc2ccccc21. The first-order chi connectivity index (χ1) is 19.1. The van der Waals surface area contributed by atoms with Crippen molar-refractivity contribution in [1.29, 1.82) is 0 Å². The van der Waals surface area contributed by atoms with E-state index in [2.05, 4.69) is 15.6 Å². The van der Waals surface area contributed by atoms with Gasteiger partial charge in [-0.05, 0) is 42.1 Å². The van der Waals surface area contributed by atoms with E-state index in [0.29, 0.717) is 30.0 Å². The lowest BCUT2D eigenvalue weighted by molar-refractivity contribution is -0.142. The number of benzene rings is 3. The Kier molecular flexibility index (Phi) is 8.28. The van der Waals surface area contributed by atoms with Gasteiger partial charge in [0.25, 0.3) is 0 Å². The van der Waals surface area contributed by atoms with E-state index in [1.54, 1.807) is 9.58 Å². The largest absolute Gasteiger partial charge is 0.494 e. The van der Waals surface area contributed by atoms with Crippen molar-refractivity contribution in [3.05, 3.63) is 112 Å². The Labute approximate surface area is 230 Å². The number of carbonyl (C=O) groups is 2. The van der Waals surface area contributed by atoms with Crippen LogP contribution in [0.5, 0.6) is 5.75 Å². The second-order valence-electron chi connectivity index (χ2n) is 8.91. The van der Waals surface area contributed by atoms with Gasteiger partial charge in [-0.2, -0.15) is 0 Å². The lowest BCUT2D eigenvalue weighted by Gasteiger charge is -2.32. The number of para-hydroxylation sites is 2. The number of aromatic nitrogens is 3. The molecule has 0 spiro atoms. The molecule has 0 aliphatic carbocycles. The van der Waals surface area contributed by atoms with E-state index in [4.69, 9.17) is 4.74 Å². The minimum atomic E-state index is -0.930. The molecular weight excluding hydrogens is 510 g/mol. The van der Waals surface area contributed by atoms with Crippen molar-refractivity contribution in [2.75, 3.05) is 6.61 Å². The zero-order valence-corrected chi connectivity index (χ0v) is 22.4. The number of fused-ring (bicyclic) bond motifs is 1. The van der Waals surface area contributed by atoms with Gasteiger partial charge in [0.05, 0.1) is 18.7 Å². The minimum Gasteiger partial charge on any atom is -0.494 e. The van der Waals surface area contributed by atoms with Crippen molar-refractivity contribution < 1.29 is 14.3 Å². The fraction of sp³-hybridized carbons (Fsp3) is 0.200. The van der Waals surface area contributed by atoms with Crippen LogP contribution in [-0.4, -0.2) is 38.3 Å². The smallest absolute Gasteiger partial charge is 0.247 e. The number of nitrogens with one attached hydrogen (secondary N) is 1. The maximum atomic E-state index is 14.1. The van der Waals surface area contributed by atoms with E-state index in [9.17, 15) is 9.59 Å². The van der Waals surface area contributed by atoms with Crippen LogP contribution in [0.1, 0.15) is 29.0 Å². The second kappa shape index (κ2) is 12.4. The Morgan fingerprint density at radius 3 is 2.54 bits per heavy atom. The van der Waals surface area contributed by atoms with E-state index in [1.165, 1.54) is 11.3 Å². The number of rotatable bonds is 11. The summed E-state index contributed by atoms with van der Waals surface area (Å²) in [6.45, 7) is 2.85. The lowest BCUT2D eigenvalue weighted by atomic mass is 10.0. The van der Waals surface area contributed by atoms with Crippen LogP contribution < -0.4 is 10.1 Å². The van der Waals surface area contributed by atoms with Crippen LogP contribution in [-0.2, 0) is 29.2 Å². The average molecular weight is 540 g/mol. The second-order valence-corrected chi connectivity index (χ2v) is 9.95. The molecule has 1 atom stereocenters. The maximum absolute atomic E-state index is 14.1. The molecule has 1 N–H and O–H groups in total. The molecule has 5 rings (SSSR count). The Hall–Kier alpha value is -4.50. The molecule has 39 heavy (non-hydrogen) atoms. The summed E-state index contributed by atoms with van der Waals surface area (Å²) in [4.78, 5) is 30.6. The summed E-state index contributed by atoms with van der Waals surface area (Å²) in [5.74, 6) is 0.0135. The van der Waals surface area contributed by atoms with Gasteiger partial charge in [-0.3, -0.25) is 9.59 Å². The van der Waals surface area contributed by atoms with Gasteiger partial charge in [0.2, 0.25) is 11.8 Å². The number of thiophene rings is 1. The summed E-state index contributed by atoms with van der Waals surface area (Å²) in [5, 5.41) is 13.4. The third-order valence-corrected chi connectivity index (χ3v) is 7.18. The van der Waals surface area contributed by atoms with Crippen LogP contribution in [0.15, 0.2) is 96.4 Å². The number of carbonyl (C=O) groups excluding carboxylic acids is 2. The third-order valence-electron chi connectivity index (χ3n) is 6.31. The quantitative estimate of drug-likeness (QED) is 0.256. The van der Waals surface area contributed by atoms with Crippen molar-refractivity contribution in [1.82, 2.24) is 25.2 Å². The molecule has 2 heterocycles. The van der Waals surface area contributed by atoms with Gasteiger partial charge in [0.15, 0.2) is 0 Å². The zero-order chi connectivity index (χ0) is 27.0. The van der Waals surface area contributed by atoms with E-state index < -0.39 is 6.04 Å². The van der Waals surface area contributed by atoms with E-state index in [0.717, 1.165) is 16.0 Å². The van der Waals surface area contributed by atoms with Gasteiger partial charge < -0.3 is 15.0 Å². The molecule has 8 nitrogen and oxygen atoms in total. The molecule has 0 aliphatic heterocycles. The molecule has 5 aromatic rings. The number of ether oxygens (including phenoxy) is 1. The lowest BCUT2D eigenvalue weighted by Crippen LogP contribution is -2.44. The highest BCUT2D eigenvalue weighted by Crippen LogP contribution is 2.32. The van der Waals surface area contributed by atoms with Gasteiger partial charge in [0, 0.05) is 17.0 Å². The molecule has 0 bridgehead atoms. The molecule has 0 aliphatic rings. The topological polar surface area (TPSA) is 89.4 Å². The van der Waals surface area contributed by atoms with E-state index in [1.807, 2.05) is 103 Å². The van der Waals surface area contributed by atoms with Crippen LogP contribution in [0.4, 0.5) is 0 Å². The van der Waals surface area contributed by atoms with Crippen LogP contribution in [0, 0.1) is 0 Å². The summed E-state index contributed by atoms with van der Waals surface area (Å²) in [6.07, 6.45) is 0. The zero-order valence-electron chi connectivity index (χ0n) is 21.6. The number of nitrogens with zero attached hydrogens (tertiary/aromatic N) is 4. The molecule has 3 aromatic carbocycles. The fourth-order valence-electron chi connectivity index (χ4n) is 4.47. The number of hydrogen-bond donors (Lipinski definition) is 1. The fourth-order valence-corrected chi connectivity index (χ4v) is 5.18. The first kappa shape index (κ1) is 26.1. The van der Waals surface area contributed by atoms with Crippen LogP contribution in [0.2, 0.25) is 0 Å². The molecule has 0 saturated carbocycles. The summed E-state index contributed by atoms with van der Waals surface area (Å²) in [6, 6.07) is 27.5. The van der Waals surface area contributed by atoms with Crippen molar-refractivity contribution >= 4 is 34.2 Å². The predicted molar refractivity (Wildman–Crippen MR) is 151 cm³/mol. The van der Waals surface area contributed by atoms with Gasteiger partial charge in [-0.25, -0.2) is 4.68 Å². The van der Waals surface area contributed by atoms with Crippen molar-refractivity contribution in [3.8, 4) is 5.75 Å². The van der Waals surface area contributed by atoms with Gasteiger partial charge in [0.1, 0.15) is 23.9 Å². The van der Waals surface area contributed by atoms with Gasteiger partial charge in [-0.1, -0.05) is 71.9 Å². The predicted octanol–water partition coefficient (Wildman–Crippen LogP) is 4.98. The molecule has 2 amide bonds. The Balaban J connectivity index is 1.53. The molecule has 198 valence electrons. The molecule has 0 radical (unpaired) electrons. The highest BCUT2D eigenvalue weighted by molar-refractivity contribution is 7.09. The average Bonchev–Trinajstić information content (AvgIpc) is 3.63. The van der Waals surface area contributed by atoms with Crippen LogP contribution in [0.3, 0.4) is 0 Å². The highest BCUT2D eigenvalue weighted by atomic mass is 32.1. The first-order valence-electron chi connectivity index (χ1n) is 12.8. The van der Waals surface area contributed by atoms with Gasteiger partial charge >= 0.3 is 0 Å². The molecule has 2 aromatic heterocycles. The standard InChI is InChI=1S/C30H29N5O3S/c1-2-38-27-17-9-6-14-24(27)29(30(37)31-19-22-11-4-3-5-12-22)34(20-23-13-10-18-39-23)28(36)21-35-26-16-8-7-15-25(26)32-33-35/h3-18,29H,2,19-21H2,1H3,(H,31,37). The summed E-state index contributed by atoms with van der Waals surface area (Å²) < 4.78 is 7.49. The molecule has 9 heteroatoms. The normalized spacial score (nSPS) is 11.7. The molecule has 0 saturated heterocycles. The van der Waals surface area contributed by atoms with E-state index >= 15 is 0 Å². The van der Waals surface area contributed by atoms with Crippen LogP contribution in [0.25, 0.3) is 11.0 Å². The summed E-state index contributed by atoms with van der Waals surface area (Å²) in [7, 11) is 0. The number of hydrogen-bond acceptors (Lipinski definition) is 6. The first-order valence-corrected chi connectivity index (χ1v) is 13.7. The van der Waals surface area contributed by atoms with E-state index in [-0.39, 0.29) is 24.9 Å². The Bertz CT molecular complexity index is 1530. The summed E-state index contributed by atoms with van der Waals surface area (Å²) >= 11 is 1.54. The third kappa shape index (κ3) is 6.15. The molecule has 1 unspecified atom stereocenters. The Morgan fingerprint density at radius 1 is 0.974 bits per heavy atom. The highest BCUT2D eigenvalue weighted by Gasteiger charge is 2.34. The van der Waals surface area contributed by atoms with Crippen molar-refractivity contribution in [2.45, 2.75) is 32.6 Å². The summed E-state index contributed by atoms with van der Waals surface area (Å²) in [5.41, 5.74) is 3.04. The van der Waals surface area contributed by atoms with Crippen LogP contribution >= 0.6 is 11.3 Å². The number of amides is 2. The maximum Gasteiger partial charge on any atom is 0.247 e. The van der Waals surface area contributed by atoms with Crippen molar-refractivity contribution in [2.24, 2.45) is 0 Å². The Morgan fingerprint density at radius 2 is 1.74 bits per heavy atom. The van der Waals surface area contributed by atoms with Gasteiger partial charge in [-0.15, -0.1) is 16.4 Å².